The first-order valence-electron chi connectivity index (χ1n) is 10.7. The summed E-state index contributed by atoms with van der Waals surface area (Å²) in [5.41, 5.74) is 1.38. The Labute approximate surface area is 183 Å². The van der Waals surface area contributed by atoms with E-state index in [1.807, 2.05) is 25.1 Å². The summed E-state index contributed by atoms with van der Waals surface area (Å²) in [7, 11) is 0. The lowest BCUT2D eigenvalue weighted by atomic mass is 9.75. The van der Waals surface area contributed by atoms with E-state index >= 15 is 0 Å². The third-order valence-corrected chi connectivity index (χ3v) is 7.47. The Morgan fingerprint density at radius 1 is 1.09 bits per heavy atom. The standard InChI is InChI=1S/C23H20N4O5/c1-12-4-9-16-15(11-12)23(22(30)24-16)19-18(17-3-2-10-25(17)23)20(28)26(21(19)29)13-5-7-14(8-6-13)27(31)32/h4-9,11,17-19H,2-3,10H2,1H3,(H,24,30)/t17-,18-,19-,23-/m1/s1. The molecule has 0 aromatic heterocycles. The molecule has 2 aromatic rings. The topological polar surface area (TPSA) is 113 Å². The molecule has 9 heteroatoms. The fraction of sp³-hybridized carbons (Fsp3) is 0.348. The molecule has 9 nitrogen and oxygen atoms in total. The average Bonchev–Trinajstić information content (AvgIpc) is 3.47. The van der Waals surface area contributed by atoms with Crippen molar-refractivity contribution in [3.05, 3.63) is 63.7 Å². The first kappa shape index (κ1) is 19.1. The highest BCUT2D eigenvalue weighted by Gasteiger charge is 2.74. The number of hydrogen-bond acceptors (Lipinski definition) is 6. The van der Waals surface area contributed by atoms with Crippen LogP contribution in [0.4, 0.5) is 17.1 Å². The Morgan fingerprint density at radius 2 is 1.84 bits per heavy atom. The van der Waals surface area contributed by atoms with Gasteiger partial charge in [-0.3, -0.25) is 29.4 Å². The number of nitrogens with zero attached hydrogens (tertiary/aromatic N) is 3. The molecule has 0 saturated carbocycles. The van der Waals surface area contributed by atoms with E-state index < -0.39 is 28.2 Å². The molecule has 4 heterocycles. The monoisotopic (exact) mass is 432 g/mol. The van der Waals surface area contributed by atoms with Gasteiger partial charge in [0, 0.05) is 29.4 Å². The lowest BCUT2D eigenvalue weighted by Gasteiger charge is -2.36. The van der Waals surface area contributed by atoms with Crippen LogP contribution in [0.2, 0.25) is 0 Å². The maximum absolute atomic E-state index is 13.8. The van der Waals surface area contributed by atoms with Crippen molar-refractivity contribution in [2.24, 2.45) is 11.8 Å². The van der Waals surface area contributed by atoms with Gasteiger partial charge in [-0.25, -0.2) is 4.90 Å². The van der Waals surface area contributed by atoms with Crippen molar-refractivity contribution in [1.82, 2.24) is 4.90 Å². The fourth-order valence-corrected chi connectivity index (χ4v) is 6.29. The van der Waals surface area contributed by atoms with Crippen molar-refractivity contribution in [1.29, 1.82) is 0 Å². The van der Waals surface area contributed by atoms with E-state index in [1.165, 1.54) is 24.3 Å². The number of nitro benzene ring substituents is 1. The molecule has 0 unspecified atom stereocenters. The highest BCUT2D eigenvalue weighted by Crippen LogP contribution is 2.60. The minimum absolute atomic E-state index is 0.119. The van der Waals surface area contributed by atoms with Crippen molar-refractivity contribution < 1.29 is 19.3 Å². The third kappa shape index (κ3) is 2.13. The number of non-ortho nitro benzene ring substituents is 1. The largest absolute Gasteiger partial charge is 0.324 e. The van der Waals surface area contributed by atoms with E-state index in [9.17, 15) is 24.5 Å². The van der Waals surface area contributed by atoms with Crippen molar-refractivity contribution >= 4 is 34.8 Å². The number of nitrogens with one attached hydrogen (secondary N) is 1. The predicted molar refractivity (Wildman–Crippen MR) is 114 cm³/mol. The molecule has 0 aliphatic carbocycles. The first-order valence-corrected chi connectivity index (χ1v) is 10.7. The zero-order valence-corrected chi connectivity index (χ0v) is 17.3. The minimum atomic E-state index is -1.21. The fourth-order valence-electron chi connectivity index (χ4n) is 6.29. The van der Waals surface area contributed by atoms with E-state index in [1.54, 1.807) is 0 Å². The molecule has 0 radical (unpaired) electrons. The van der Waals surface area contributed by atoms with Gasteiger partial charge in [0.2, 0.25) is 17.7 Å². The molecule has 3 fully saturated rings. The Bertz CT molecular complexity index is 1230. The molecule has 32 heavy (non-hydrogen) atoms. The van der Waals surface area contributed by atoms with Gasteiger partial charge in [-0.1, -0.05) is 17.7 Å². The number of anilines is 2. The van der Waals surface area contributed by atoms with Gasteiger partial charge in [0.05, 0.1) is 22.4 Å². The Kier molecular flexibility index (Phi) is 3.72. The molecular formula is C23H20N4O5. The summed E-state index contributed by atoms with van der Waals surface area (Å²) in [4.78, 5) is 54.6. The first-order chi connectivity index (χ1) is 15.4. The number of aryl methyl sites for hydroxylation is 1. The second-order valence-corrected chi connectivity index (χ2v) is 8.96. The zero-order chi connectivity index (χ0) is 22.4. The van der Waals surface area contributed by atoms with Crippen LogP contribution in [0.1, 0.15) is 24.0 Å². The van der Waals surface area contributed by atoms with Crippen LogP contribution < -0.4 is 10.2 Å². The summed E-state index contributed by atoms with van der Waals surface area (Å²) in [5.74, 6) is -2.48. The molecular weight excluding hydrogens is 412 g/mol. The number of carbonyl (C=O) groups is 3. The number of nitro groups is 1. The molecule has 4 aliphatic rings. The van der Waals surface area contributed by atoms with Gasteiger partial charge in [0.1, 0.15) is 5.54 Å². The number of fused-ring (bicyclic) bond motifs is 7. The van der Waals surface area contributed by atoms with Crippen LogP contribution in [0, 0.1) is 28.9 Å². The number of benzene rings is 2. The zero-order valence-electron chi connectivity index (χ0n) is 17.3. The van der Waals surface area contributed by atoms with Crippen LogP contribution in [0.15, 0.2) is 42.5 Å². The van der Waals surface area contributed by atoms with E-state index in [2.05, 4.69) is 10.2 Å². The van der Waals surface area contributed by atoms with Gasteiger partial charge in [-0.2, -0.15) is 0 Å². The summed E-state index contributed by atoms with van der Waals surface area (Å²) in [6.45, 7) is 2.59. The highest BCUT2D eigenvalue weighted by atomic mass is 16.6. The van der Waals surface area contributed by atoms with Gasteiger partial charge in [0.25, 0.3) is 5.69 Å². The molecule has 1 N–H and O–H groups in total. The summed E-state index contributed by atoms with van der Waals surface area (Å²) >= 11 is 0. The molecule has 0 bridgehead atoms. The molecule has 162 valence electrons. The summed E-state index contributed by atoms with van der Waals surface area (Å²) in [6.07, 6.45) is 1.59. The second kappa shape index (κ2) is 6.23. The molecule has 4 aliphatic heterocycles. The normalized spacial score (nSPS) is 30.6. The SMILES string of the molecule is Cc1ccc2c(c1)[C@]1(C(=O)N2)[C@H]2C(=O)N(c3ccc([N+](=O)[O-])cc3)C(=O)[C@@H]2[C@H]2CCCN21. The second-order valence-electron chi connectivity index (χ2n) is 8.96. The molecule has 2 aromatic carbocycles. The van der Waals surface area contributed by atoms with E-state index in [0.717, 1.165) is 28.9 Å². The summed E-state index contributed by atoms with van der Waals surface area (Å²) in [6, 6.07) is 10.9. The molecule has 3 saturated heterocycles. The maximum atomic E-state index is 13.8. The van der Waals surface area contributed by atoms with E-state index in [-0.39, 0.29) is 23.5 Å². The van der Waals surface area contributed by atoms with E-state index in [4.69, 9.17) is 0 Å². The smallest absolute Gasteiger partial charge is 0.269 e. The van der Waals surface area contributed by atoms with E-state index in [0.29, 0.717) is 17.9 Å². The summed E-state index contributed by atoms with van der Waals surface area (Å²) in [5, 5.41) is 14.0. The third-order valence-electron chi connectivity index (χ3n) is 7.47. The molecule has 3 amide bonds. The average molecular weight is 432 g/mol. The lowest BCUT2D eigenvalue weighted by Crippen LogP contribution is -2.54. The highest BCUT2D eigenvalue weighted by molar-refractivity contribution is 6.25. The minimum Gasteiger partial charge on any atom is -0.324 e. The van der Waals surface area contributed by atoms with Crippen LogP contribution in [0.3, 0.4) is 0 Å². The summed E-state index contributed by atoms with van der Waals surface area (Å²) < 4.78 is 0. The lowest BCUT2D eigenvalue weighted by molar-refractivity contribution is -0.384. The van der Waals surface area contributed by atoms with Gasteiger partial charge in [-0.15, -0.1) is 0 Å². The predicted octanol–water partition coefficient (Wildman–Crippen LogP) is 2.33. The van der Waals surface area contributed by atoms with Gasteiger partial charge < -0.3 is 5.32 Å². The Balaban J connectivity index is 1.51. The van der Waals surface area contributed by atoms with Gasteiger partial charge in [0.15, 0.2) is 0 Å². The number of imide groups is 1. The van der Waals surface area contributed by atoms with Gasteiger partial charge >= 0.3 is 0 Å². The van der Waals surface area contributed by atoms with Crippen LogP contribution in [0.25, 0.3) is 0 Å². The van der Waals surface area contributed by atoms with Crippen LogP contribution in [-0.4, -0.2) is 40.1 Å². The molecule has 1 spiro atoms. The molecule has 4 atom stereocenters. The molecule has 6 rings (SSSR count). The quantitative estimate of drug-likeness (QED) is 0.443. The maximum Gasteiger partial charge on any atom is 0.269 e. The van der Waals surface area contributed by atoms with Crippen LogP contribution >= 0.6 is 0 Å². The number of hydrogen-bond donors (Lipinski definition) is 1. The number of amides is 3. The van der Waals surface area contributed by atoms with Crippen molar-refractivity contribution in [3.8, 4) is 0 Å². The van der Waals surface area contributed by atoms with Gasteiger partial charge in [-0.05, 0) is 44.5 Å². The number of rotatable bonds is 2. The Morgan fingerprint density at radius 3 is 2.56 bits per heavy atom. The van der Waals surface area contributed by atoms with Crippen LogP contribution in [0.5, 0.6) is 0 Å². The van der Waals surface area contributed by atoms with Crippen molar-refractivity contribution in [3.63, 3.8) is 0 Å². The van der Waals surface area contributed by atoms with Crippen molar-refractivity contribution in [2.45, 2.75) is 31.3 Å². The Hall–Kier alpha value is -3.59. The van der Waals surface area contributed by atoms with Crippen molar-refractivity contribution in [2.75, 3.05) is 16.8 Å². The van der Waals surface area contributed by atoms with Crippen LogP contribution in [-0.2, 0) is 19.9 Å². The number of carbonyl (C=O) groups excluding carboxylic acids is 3.